The van der Waals surface area contributed by atoms with Crippen molar-refractivity contribution in [2.24, 2.45) is 0 Å². The van der Waals surface area contributed by atoms with Crippen LogP contribution in [0.15, 0.2) is 36.8 Å². The van der Waals surface area contributed by atoms with Gasteiger partial charge >= 0.3 is 0 Å². The Hall–Kier alpha value is -2.08. The molecule has 0 fully saturated rings. The predicted octanol–water partition coefficient (Wildman–Crippen LogP) is 2.36. The molecular weight excluding hydrogens is 259 g/mol. The number of carbonyl (C=O) groups excluding carboxylic acids is 1. The van der Waals surface area contributed by atoms with Gasteiger partial charge in [-0.1, -0.05) is 0 Å². The lowest BCUT2D eigenvalue weighted by molar-refractivity contribution is 0.102. The van der Waals surface area contributed by atoms with Crippen molar-refractivity contribution in [2.45, 2.75) is 0 Å². The molecule has 0 radical (unpaired) electrons. The molecule has 0 saturated heterocycles. The van der Waals surface area contributed by atoms with Gasteiger partial charge in [0.1, 0.15) is 5.69 Å². The van der Waals surface area contributed by atoms with Crippen molar-refractivity contribution >= 4 is 23.2 Å². The zero-order valence-electron chi connectivity index (χ0n) is 9.47. The summed E-state index contributed by atoms with van der Waals surface area (Å²) in [6, 6.07) is 4.94. The maximum Gasteiger partial charge on any atom is 0.274 e. The number of amides is 1. The Bertz CT molecular complexity index is 509. The van der Waals surface area contributed by atoms with Gasteiger partial charge in [-0.3, -0.25) is 14.2 Å². The Morgan fingerprint density at radius 2 is 2.11 bits per heavy atom. The highest BCUT2D eigenvalue weighted by molar-refractivity contribution is 6.28. The second-order valence-corrected chi connectivity index (χ2v) is 3.24. The summed E-state index contributed by atoms with van der Waals surface area (Å²) in [5, 5.41) is 2.68. The number of pyridine rings is 1. The summed E-state index contributed by atoms with van der Waals surface area (Å²) in [5.41, 5.74) is 0.811. The molecule has 1 N–H and O–H groups in total. The summed E-state index contributed by atoms with van der Waals surface area (Å²) < 4.78 is 9.50. The van der Waals surface area contributed by atoms with E-state index in [1.54, 1.807) is 24.5 Å². The normalized spacial score (nSPS) is 9.06. The number of alkyl halides is 1. The lowest BCUT2D eigenvalue weighted by Crippen LogP contribution is -2.13. The van der Waals surface area contributed by atoms with Gasteiger partial charge in [-0.25, -0.2) is 9.97 Å². The monoisotopic (exact) mass is 268 g/mol. The highest BCUT2D eigenvalue weighted by Gasteiger charge is 2.08. The van der Waals surface area contributed by atoms with Crippen LogP contribution in [-0.4, -0.2) is 28.0 Å². The topological polar surface area (TPSA) is 67.8 Å². The van der Waals surface area contributed by atoms with Gasteiger partial charge in [0.2, 0.25) is 5.28 Å². The number of aromatic nitrogens is 3. The molecule has 0 aliphatic rings. The van der Waals surface area contributed by atoms with E-state index in [0.29, 0.717) is 12.9 Å². The molecule has 1 amide bonds. The van der Waals surface area contributed by atoms with E-state index >= 15 is 0 Å². The van der Waals surface area contributed by atoms with E-state index in [1.165, 1.54) is 12.3 Å². The van der Waals surface area contributed by atoms with Crippen LogP contribution in [0.3, 0.4) is 0 Å². The fraction of sp³-hybridized carbons (Fsp3) is 0.0909. The first-order valence-electron chi connectivity index (χ1n) is 4.83. The summed E-state index contributed by atoms with van der Waals surface area (Å²) in [5.74, 6) is -0.350. The Balaban J connectivity index is 0.000000771. The van der Waals surface area contributed by atoms with Crippen LogP contribution in [0.4, 0.5) is 10.1 Å². The maximum atomic E-state index is 11.7. The van der Waals surface area contributed by atoms with Gasteiger partial charge in [0.25, 0.3) is 5.91 Å². The molecule has 0 bridgehead atoms. The average Bonchev–Trinajstić information content (AvgIpc) is 2.42. The molecule has 2 rings (SSSR count). The van der Waals surface area contributed by atoms with Gasteiger partial charge in [-0.05, 0) is 29.8 Å². The Morgan fingerprint density at radius 3 is 2.72 bits per heavy atom. The van der Waals surface area contributed by atoms with Crippen LogP contribution < -0.4 is 5.32 Å². The maximum absolute atomic E-state index is 11.7. The van der Waals surface area contributed by atoms with Gasteiger partial charge in [0.05, 0.1) is 19.1 Å². The minimum atomic E-state index is -0.350. The fourth-order valence-corrected chi connectivity index (χ4v) is 1.24. The third-order valence-electron chi connectivity index (χ3n) is 1.78. The minimum absolute atomic E-state index is 0.0406. The van der Waals surface area contributed by atoms with Crippen LogP contribution in [0.5, 0.6) is 0 Å². The molecule has 0 atom stereocenters. The Morgan fingerprint density at radius 1 is 1.33 bits per heavy atom. The molecule has 2 heterocycles. The van der Waals surface area contributed by atoms with Crippen molar-refractivity contribution in [3.05, 3.63) is 47.8 Å². The quantitative estimate of drug-likeness (QED) is 0.849. The number of anilines is 1. The first-order valence-corrected chi connectivity index (χ1v) is 5.21. The Labute approximate surface area is 108 Å². The van der Waals surface area contributed by atoms with E-state index in [-0.39, 0.29) is 16.9 Å². The van der Waals surface area contributed by atoms with Gasteiger partial charge < -0.3 is 5.32 Å². The molecule has 18 heavy (non-hydrogen) atoms. The van der Waals surface area contributed by atoms with Crippen LogP contribution in [-0.2, 0) is 0 Å². The number of halogens is 2. The lowest BCUT2D eigenvalue weighted by atomic mass is 10.3. The van der Waals surface area contributed by atoms with Crippen LogP contribution >= 0.6 is 11.6 Å². The molecule has 2 aromatic rings. The van der Waals surface area contributed by atoms with Gasteiger partial charge in [-0.15, -0.1) is 0 Å². The molecule has 0 aliphatic carbocycles. The molecule has 0 spiro atoms. The summed E-state index contributed by atoms with van der Waals surface area (Å²) >= 11 is 5.58. The van der Waals surface area contributed by atoms with Crippen LogP contribution in [0.25, 0.3) is 0 Å². The summed E-state index contributed by atoms with van der Waals surface area (Å²) in [4.78, 5) is 23.0. The summed E-state index contributed by atoms with van der Waals surface area (Å²) in [6.07, 6.45) is 4.59. The molecule has 7 heteroatoms. The van der Waals surface area contributed by atoms with E-state index in [0.717, 1.165) is 0 Å². The van der Waals surface area contributed by atoms with Crippen LogP contribution in [0, 0.1) is 0 Å². The smallest absolute Gasteiger partial charge is 0.274 e. The molecule has 0 aliphatic heterocycles. The first kappa shape index (κ1) is 14.0. The predicted molar refractivity (Wildman–Crippen MR) is 66.3 cm³/mol. The summed E-state index contributed by atoms with van der Waals surface area (Å²) in [7, 11) is 0.500. The van der Waals surface area contributed by atoms with Crippen LogP contribution in [0.1, 0.15) is 10.5 Å². The molecule has 2 aromatic heterocycles. The third-order valence-corrected chi connectivity index (χ3v) is 1.96. The van der Waals surface area contributed by atoms with Gasteiger partial charge in [-0.2, -0.15) is 0 Å². The molecule has 0 aromatic carbocycles. The van der Waals surface area contributed by atoms with E-state index in [2.05, 4.69) is 20.3 Å². The average molecular weight is 269 g/mol. The number of hydrogen-bond donors (Lipinski definition) is 1. The number of carbonyl (C=O) groups is 1. The van der Waals surface area contributed by atoms with E-state index in [4.69, 9.17) is 11.6 Å². The second kappa shape index (κ2) is 7.29. The van der Waals surface area contributed by atoms with E-state index in [9.17, 15) is 9.18 Å². The highest BCUT2D eigenvalue weighted by Crippen LogP contribution is 2.06. The number of hydrogen-bond acceptors (Lipinski definition) is 4. The van der Waals surface area contributed by atoms with E-state index < -0.39 is 0 Å². The minimum Gasteiger partial charge on any atom is -0.319 e. The molecule has 94 valence electrons. The molecule has 0 unspecified atom stereocenters. The standard InChI is InChI=1S/C10H7ClN4O.CH3F/c11-10-13-5-3-8(15-10)9(16)14-7-2-1-4-12-6-7;1-2/h1-6H,(H,14,16);1H3. The van der Waals surface area contributed by atoms with Crippen molar-refractivity contribution in [1.29, 1.82) is 0 Å². The molecular formula is C11H10ClFN4O. The summed E-state index contributed by atoms with van der Waals surface area (Å²) in [6.45, 7) is 0. The fourth-order valence-electron chi connectivity index (χ4n) is 1.09. The van der Waals surface area contributed by atoms with Crippen molar-refractivity contribution in [2.75, 3.05) is 12.5 Å². The largest absolute Gasteiger partial charge is 0.319 e. The number of nitrogens with one attached hydrogen (secondary N) is 1. The van der Waals surface area contributed by atoms with E-state index in [1.807, 2.05) is 0 Å². The van der Waals surface area contributed by atoms with Crippen molar-refractivity contribution in [3.63, 3.8) is 0 Å². The number of rotatable bonds is 2. The Kier molecular flexibility index (Phi) is 5.66. The van der Waals surface area contributed by atoms with Gasteiger partial charge in [0, 0.05) is 12.4 Å². The van der Waals surface area contributed by atoms with Crippen molar-refractivity contribution < 1.29 is 9.18 Å². The zero-order valence-corrected chi connectivity index (χ0v) is 10.2. The highest BCUT2D eigenvalue weighted by atomic mass is 35.5. The van der Waals surface area contributed by atoms with Gasteiger partial charge in [0.15, 0.2) is 0 Å². The SMILES string of the molecule is CF.O=C(Nc1cccnc1)c1ccnc(Cl)n1. The van der Waals surface area contributed by atoms with Crippen molar-refractivity contribution in [3.8, 4) is 0 Å². The first-order chi connectivity index (χ1) is 8.75. The second-order valence-electron chi connectivity index (χ2n) is 2.91. The lowest BCUT2D eigenvalue weighted by Gasteiger charge is -2.03. The van der Waals surface area contributed by atoms with Crippen LogP contribution in [0.2, 0.25) is 5.28 Å². The number of nitrogens with zero attached hydrogens (tertiary/aromatic N) is 3. The van der Waals surface area contributed by atoms with Crippen molar-refractivity contribution in [1.82, 2.24) is 15.0 Å². The third kappa shape index (κ3) is 4.06. The molecule has 5 nitrogen and oxygen atoms in total. The molecule has 0 saturated carbocycles. The zero-order chi connectivity index (χ0) is 13.4.